The molecule has 0 saturated heterocycles. The molecule has 1 unspecified atom stereocenters. The molecule has 41 heavy (non-hydrogen) atoms. The van der Waals surface area contributed by atoms with Gasteiger partial charge in [0.2, 0.25) is 0 Å². The molecule has 0 radical (unpaired) electrons. The van der Waals surface area contributed by atoms with E-state index >= 15 is 0 Å². The van der Waals surface area contributed by atoms with E-state index in [1.165, 1.54) is 39.0 Å². The van der Waals surface area contributed by atoms with E-state index in [2.05, 4.69) is 138 Å². The number of aryl methyl sites for hydroxylation is 2. The fraction of sp³-hybridized carbons (Fsp3) is 0.237. The van der Waals surface area contributed by atoms with Crippen LogP contribution in [0.2, 0.25) is 0 Å². The maximum Gasteiger partial charge on any atom is -1.00 e. The zero-order valence-electron chi connectivity index (χ0n) is 24.6. The second kappa shape index (κ2) is 13.3. The fourth-order valence-electron chi connectivity index (χ4n) is 6.61. The van der Waals surface area contributed by atoms with Crippen LogP contribution in [0.15, 0.2) is 118 Å². The molecule has 4 aromatic rings. The number of benzene rings is 4. The maximum atomic E-state index is 2.60. The molecule has 0 aliphatic heterocycles. The van der Waals surface area contributed by atoms with E-state index in [0.717, 1.165) is 12.8 Å². The van der Waals surface area contributed by atoms with E-state index in [4.69, 9.17) is 0 Å². The van der Waals surface area contributed by atoms with Crippen molar-refractivity contribution in [3.8, 4) is 11.1 Å². The Morgan fingerprint density at radius 3 is 1.51 bits per heavy atom. The molecule has 4 aromatic carbocycles. The molecule has 0 saturated carbocycles. The Morgan fingerprint density at radius 2 is 1.12 bits per heavy atom. The van der Waals surface area contributed by atoms with Crippen molar-refractivity contribution in [2.75, 3.05) is 0 Å². The summed E-state index contributed by atoms with van der Waals surface area (Å²) in [5.41, 5.74) is 14.8. The summed E-state index contributed by atoms with van der Waals surface area (Å²) < 4.78 is 3.83. The van der Waals surface area contributed by atoms with E-state index in [1.807, 2.05) is 0 Å². The van der Waals surface area contributed by atoms with Crippen LogP contribution >= 0.6 is 0 Å². The molecule has 0 N–H and O–H groups in total. The third-order valence-corrected chi connectivity index (χ3v) is 17.7. The van der Waals surface area contributed by atoms with Gasteiger partial charge in [0.05, 0.1) is 0 Å². The Balaban J connectivity index is 0.00000194. The molecule has 0 bridgehead atoms. The second-order valence-electron chi connectivity index (χ2n) is 11.2. The predicted octanol–water partition coefficient (Wildman–Crippen LogP) is 3.65. The first-order valence-corrected chi connectivity index (χ1v) is 18.4. The summed E-state index contributed by atoms with van der Waals surface area (Å²) in [6.45, 7) is 11.7. The molecule has 2 aliphatic carbocycles. The summed E-state index contributed by atoms with van der Waals surface area (Å²) in [6.07, 6.45) is 4.75. The van der Waals surface area contributed by atoms with E-state index in [1.54, 1.807) is 23.2 Å². The predicted molar refractivity (Wildman–Crippen MR) is 164 cm³/mol. The van der Waals surface area contributed by atoms with Crippen molar-refractivity contribution in [3.63, 3.8) is 0 Å². The summed E-state index contributed by atoms with van der Waals surface area (Å²) in [7, 11) is 0. The van der Waals surface area contributed by atoms with E-state index in [0.29, 0.717) is 9.54 Å². The standard InChI is InChI=1S/C17H17.C13H10.C8H11.2ClH.Zr/c1-3-12-5-7-16-14(9-12)11-15-10-13(4-2)6-8-17(15)16;1-3-7-12(8-4-1)11-13-9-5-2-6-10-13;1-6-4-5-7(2)8(6)3;;;/h5-11H,3-4H2,1-2H3;1-10H;4,7H,1-3H3;2*1H;/q;;;;;+2/p-2. The monoisotopic (exact) mass is 654 g/mol. The number of fused-ring (bicyclic) bond motifs is 3. The molecule has 0 aromatic heterocycles. The zero-order chi connectivity index (χ0) is 27.1. The number of hydrogen-bond acceptors (Lipinski definition) is 0. The SMILES string of the molecule is CCc1ccc2c(c1)[CH]([Zr+2]([C]1=CC(C)=C(C)C1C)=[C](c1ccccc1)c1ccccc1)c1cc(CC)ccc1-2.[Cl-].[Cl-]. The third-order valence-electron chi connectivity index (χ3n) is 9.06. The molecule has 6 rings (SSSR count). The van der Waals surface area contributed by atoms with Crippen LogP contribution in [0.25, 0.3) is 11.1 Å². The van der Waals surface area contributed by atoms with Gasteiger partial charge in [-0.2, -0.15) is 0 Å². The van der Waals surface area contributed by atoms with Crippen molar-refractivity contribution >= 4 is 3.21 Å². The van der Waals surface area contributed by atoms with Crippen LogP contribution in [-0.4, -0.2) is 3.21 Å². The average Bonchev–Trinajstić information content (AvgIpc) is 3.44. The summed E-state index contributed by atoms with van der Waals surface area (Å²) in [6, 6.07) is 37.3. The van der Waals surface area contributed by atoms with E-state index < -0.39 is 21.3 Å². The second-order valence-corrected chi connectivity index (χ2v) is 17.3. The van der Waals surface area contributed by atoms with Crippen LogP contribution in [0, 0.1) is 5.92 Å². The first kappa shape index (κ1) is 31.6. The summed E-state index contributed by atoms with van der Waals surface area (Å²) in [4.78, 5) is 0. The average molecular weight is 657 g/mol. The minimum atomic E-state index is -2.70. The van der Waals surface area contributed by atoms with Gasteiger partial charge in [-0.25, -0.2) is 0 Å². The van der Waals surface area contributed by atoms with Gasteiger partial charge in [-0.15, -0.1) is 0 Å². The molecule has 208 valence electrons. The Morgan fingerprint density at radius 1 is 0.659 bits per heavy atom. The molecule has 3 heteroatoms. The first-order chi connectivity index (χ1) is 19.0. The topological polar surface area (TPSA) is 0 Å². The van der Waals surface area contributed by atoms with Crippen LogP contribution < -0.4 is 24.8 Å². The maximum absolute atomic E-state index is 2.70. The fourth-order valence-corrected chi connectivity index (χ4v) is 16.5. The molecule has 1 atom stereocenters. The minimum absolute atomic E-state index is 0. The Labute approximate surface area is 266 Å². The van der Waals surface area contributed by atoms with Crippen LogP contribution in [0.3, 0.4) is 0 Å². The molecule has 0 spiro atoms. The van der Waals surface area contributed by atoms with Crippen LogP contribution in [0.4, 0.5) is 0 Å². The van der Waals surface area contributed by atoms with Gasteiger partial charge in [-0.3, -0.25) is 0 Å². The van der Waals surface area contributed by atoms with Crippen molar-refractivity contribution in [3.05, 3.63) is 151 Å². The minimum Gasteiger partial charge on any atom is -1.00 e. The number of rotatable bonds is 6. The number of hydrogen-bond donors (Lipinski definition) is 0. The van der Waals surface area contributed by atoms with Crippen molar-refractivity contribution < 1.29 is 46.1 Å². The largest absolute Gasteiger partial charge is 1.00 e. The van der Waals surface area contributed by atoms with Crippen LogP contribution in [0.1, 0.15) is 71.6 Å². The van der Waals surface area contributed by atoms with Gasteiger partial charge < -0.3 is 24.8 Å². The van der Waals surface area contributed by atoms with Gasteiger partial charge in [0.25, 0.3) is 0 Å². The summed E-state index contributed by atoms with van der Waals surface area (Å²) >= 11 is -2.70. The molecule has 0 amide bonds. The Bertz CT molecular complexity index is 1550. The van der Waals surface area contributed by atoms with Gasteiger partial charge in [-0.1, -0.05) is 0 Å². The van der Waals surface area contributed by atoms with Crippen molar-refractivity contribution in [1.82, 2.24) is 0 Å². The van der Waals surface area contributed by atoms with Gasteiger partial charge in [0, 0.05) is 0 Å². The zero-order valence-corrected chi connectivity index (χ0v) is 28.6. The van der Waals surface area contributed by atoms with E-state index in [9.17, 15) is 0 Å². The van der Waals surface area contributed by atoms with E-state index in [-0.39, 0.29) is 24.8 Å². The van der Waals surface area contributed by atoms with Gasteiger partial charge in [-0.05, 0) is 0 Å². The molecular weight excluding hydrogens is 619 g/mol. The first-order valence-electron chi connectivity index (χ1n) is 14.5. The van der Waals surface area contributed by atoms with Gasteiger partial charge in [0.1, 0.15) is 0 Å². The molecule has 0 heterocycles. The van der Waals surface area contributed by atoms with Gasteiger partial charge in [0.15, 0.2) is 0 Å². The van der Waals surface area contributed by atoms with Crippen LogP contribution in [-0.2, 0) is 34.1 Å². The van der Waals surface area contributed by atoms with Gasteiger partial charge >= 0.3 is 244 Å². The van der Waals surface area contributed by atoms with Crippen molar-refractivity contribution in [2.45, 2.75) is 51.1 Å². The third kappa shape index (κ3) is 5.71. The Kier molecular flexibility index (Phi) is 10.3. The molecule has 0 nitrogen and oxygen atoms in total. The molecular formula is C38H38Cl2Zr. The normalized spacial score (nSPS) is 15.2. The quantitative estimate of drug-likeness (QED) is 0.298. The molecule has 0 fully saturated rings. The molecule has 2 aliphatic rings. The number of allylic oxidation sites excluding steroid dienone is 4. The summed E-state index contributed by atoms with van der Waals surface area (Å²) in [5, 5.41) is 0. The van der Waals surface area contributed by atoms with Crippen molar-refractivity contribution in [2.24, 2.45) is 5.92 Å². The van der Waals surface area contributed by atoms with Crippen LogP contribution in [0.5, 0.6) is 0 Å². The van der Waals surface area contributed by atoms with Crippen molar-refractivity contribution in [1.29, 1.82) is 0 Å². The smallest absolute Gasteiger partial charge is 1.00 e. The number of halogens is 2. The Hall–Kier alpha value is -2.31. The summed E-state index contributed by atoms with van der Waals surface area (Å²) in [5.74, 6) is 0.498.